The first-order valence-corrected chi connectivity index (χ1v) is 11.0. The van der Waals surface area contributed by atoms with Gasteiger partial charge in [0.1, 0.15) is 0 Å². The third-order valence-corrected chi connectivity index (χ3v) is 6.08. The summed E-state index contributed by atoms with van der Waals surface area (Å²) in [5, 5.41) is 2.75. The molecule has 2 heterocycles. The van der Waals surface area contributed by atoms with Gasteiger partial charge in [0.15, 0.2) is 0 Å². The maximum absolute atomic E-state index is 12.9. The lowest BCUT2D eigenvalue weighted by atomic mass is 9.97. The molecule has 0 aliphatic carbocycles. The number of carbonyl (C=O) groups excluding carboxylic acids is 5. The Morgan fingerprint density at radius 1 is 0.727 bits per heavy atom. The largest absolute Gasteiger partial charge is 0.356 e. The molecule has 5 amide bonds. The van der Waals surface area contributed by atoms with Gasteiger partial charge in [-0.25, -0.2) is 0 Å². The molecule has 4 rings (SSSR count). The predicted molar refractivity (Wildman–Crippen MR) is 121 cm³/mol. The highest BCUT2D eigenvalue weighted by Gasteiger charge is 2.36. The van der Waals surface area contributed by atoms with Crippen molar-refractivity contribution in [3.8, 4) is 11.1 Å². The minimum absolute atomic E-state index is 0.0484. The standard InChI is InChI=1S/C25H25N3O5/c1-15(29)26-11-5-3-4-6-12-28-24(32)19-10-8-17(14-21(19)25(28)33)16-7-9-18-20(13-16)23(31)27(2)22(18)30/h7-10,13-14H,3-6,11-12H2,1-2H3,(H,26,29). The summed E-state index contributed by atoms with van der Waals surface area (Å²) < 4.78 is 0. The van der Waals surface area contributed by atoms with Crippen LogP contribution in [0, 0.1) is 0 Å². The highest BCUT2D eigenvalue weighted by Crippen LogP contribution is 2.31. The minimum atomic E-state index is -0.354. The van der Waals surface area contributed by atoms with Crippen LogP contribution in [0.25, 0.3) is 11.1 Å². The van der Waals surface area contributed by atoms with Crippen LogP contribution in [-0.4, -0.2) is 59.5 Å². The average Bonchev–Trinajstić information content (AvgIpc) is 3.17. The molecule has 0 saturated carbocycles. The summed E-state index contributed by atoms with van der Waals surface area (Å²) >= 11 is 0. The molecule has 2 aliphatic rings. The van der Waals surface area contributed by atoms with E-state index in [2.05, 4.69) is 5.32 Å². The lowest BCUT2D eigenvalue weighted by Gasteiger charge is -2.13. The summed E-state index contributed by atoms with van der Waals surface area (Å²) in [7, 11) is 1.45. The van der Waals surface area contributed by atoms with Gasteiger partial charge in [-0.2, -0.15) is 0 Å². The molecule has 33 heavy (non-hydrogen) atoms. The Morgan fingerprint density at radius 3 is 1.88 bits per heavy atom. The fourth-order valence-corrected chi connectivity index (χ4v) is 4.23. The Morgan fingerprint density at radius 2 is 1.24 bits per heavy atom. The first-order chi connectivity index (χ1) is 15.8. The molecule has 0 fully saturated rings. The van der Waals surface area contributed by atoms with Gasteiger partial charge in [-0.1, -0.05) is 25.0 Å². The van der Waals surface area contributed by atoms with Gasteiger partial charge < -0.3 is 5.32 Å². The van der Waals surface area contributed by atoms with Crippen LogP contribution in [0.1, 0.15) is 74.0 Å². The number of nitrogens with zero attached hydrogens (tertiary/aromatic N) is 2. The number of imide groups is 2. The molecule has 2 aliphatic heterocycles. The molecule has 2 aromatic rings. The van der Waals surface area contributed by atoms with Crippen LogP contribution >= 0.6 is 0 Å². The van der Waals surface area contributed by atoms with E-state index in [1.807, 2.05) is 0 Å². The summed E-state index contributed by atoms with van der Waals surface area (Å²) in [6, 6.07) is 10.1. The van der Waals surface area contributed by atoms with Gasteiger partial charge in [-0.3, -0.25) is 33.8 Å². The summed E-state index contributed by atoms with van der Waals surface area (Å²) in [6.45, 7) is 2.46. The Balaban J connectivity index is 1.44. The molecule has 1 N–H and O–H groups in total. The zero-order valence-electron chi connectivity index (χ0n) is 18.6. The van der Waals surface area contributed by atoms with Crippen LogP contribution in [0.2, 0.25) is 0 Å². The molecule has 0 atom stereocenters. The first-order valence-electron chi connectivity index (χ1n) is 11.0. The second-order valence-corrected chi connectivity index (χ2v) is 8.35. The fraction of sp³-hybridized carbons (Fsp3) is 0.320. The summed E-state index contributed by atoms with van der Waals surface area (Å²) in [5.74, 6) is -1.35. The number of hydrogen-bond acceptors (Lipinski definition) is 5. The maximum atomic E-state index is 12.9. The van der Waals surface area contributed by atoms with Crippen molar-refractivity contribution in [2.45, 2.75) is 32.6 Å². The first kappa shape index (κ1) is 22.4. The molecule has 8 nitrogen and oxygen atoms in total. The maximum Gasteiger partial charge on any atom is 0.261 e. The molecule has 0 unspecified atom stereocenters. The highest BCUT2D eigenvalue weighted by molar-refractivity contribution is 6.22. The van der Waals surface area contributed by atoms with Crippen LogP contribution in [0.5, 0.6) is 0 Å². The quantitative estimate of drug-likeness (QED) is 0.495. The monoisotopic (exact) mass is 447 g/mol. The Kier molecular flexibility index (Phi) is 6.09. The van der Waals surface area contributed by atoms with Crippen molar-refractivity contribution in [2.75, 3.05) is 20.1 Å². The molecular formula is C25H25N3O5. The summed E-state index contributed by atoms with van der Waals surface area (Å²) in [5.41, 5.74) is 2.83. The van der Waals surface area contributed by atoms with Crippen LogP contribution < -0.4 is 5.32 Å². The lowest BCUT2D eigenvalue weighted by molar-refractivity contribution is -0.118. The van der Waals surface area contributed by atoms with Gasteiger partial charge in [0.2, 0.25) is 5.91 Å². The van der Waals surface area contributed by atoms with Gasteiger partial charge >= 0.3 is 0 Å². The normalized spacial score (nSPS) is 14.7. The van der Waals surface area contributed by atoms with Crippen molar-refractivity contribution in [2.24, 2.45) is 0 Å². The number of hydrogen-bond donors (Lipinski definition) is 1. The molecule has 0 radical (unpaired) electrons. The number of benzene rings is 2. The van der Waals surface area contributed by atoms with E-state index in [1.54, 1.807) is 36.4 Å². The third-order valence-electron chi connectivity index (χ3n) is 6.08. The van der Waals surface area contributed by atoms with Crippen molar-refractivity contribution in [3.63, 3.8) is 0 Å². The molecule has 0 spiro atoms. The Bertz CT molecular complexity index is 1190. The van der Waals surface area contributed by atoms with E-state index in [1.165, 1.54) is 18.9 Å². The van der Waals surface area contributed by atoms with E-state index in [9.17, 15) is 24.0 Å². The number of rotatable bonds is 8. The molecule has 0 bridgehead atoms. The Labute approximate surface area is 191 Å². The molecule has 170 valence electrons. The van der Waals surface area contributed by atoms with Crippen LogP contribution in [-0.2, 0) is 4.79 Å². The topological polar surface area (TPSA) is 104 Å². The van der Waals surface area contributed by atoms with Crippen molar-refractivity contribution in [1.29, 1.82) is 0 Å². The van der Waals surface area contributed by atoms with Gasteiger partial charge in [0.25, 0.3) is 23.6 Å². The number of amides is 5. The lowest BCUT2D eigenvalue weighted by Crippen LogP contribution is -2.30. The van der Waals surface area contributed by atoms with E-state index in [0.29, 0.717) is 52.9 Å². The number of nitrogens with one attached hydrogen (secondary N) is 1. The SMILES string of the molecule is CC(=O)NCCCCCCN1C(=O)c2ccc(-c3ccc4c(c3)C(=O)N(C)C4=O)cc2C1=O. The fourth-order valence-electron chi connectivity index (χ4n) is 4.23. The number of unbranched alkanes of at least 4 members (excludes halogenated alkanes) is 3. The minimum Gasteiger partial charge on any atom is -0.356 e. The van der Waals surface area contributed by atoms with E-state index in [-0.39, 0.29) is 29.5 Å². The van der Waals surface area contributed by atoms with Crippen LogP contribution in [0.4, 0.5) is 0 Å². The molecule has 2 aromatic carbocycles. The van der Waals surface area contributed by atoms with Crippen molar-refractivity contribution >= 4 is 29.5 Å². The van der Waals surface area contributed by atoms with E-state index in [4.69, 9.17) is 0 Å². The summed E-state index contributed by atoms with van der Waals surface area (Å²) in [4.78, 5) is 63.3. The molecule has 0 aromatic heterocycles. The highest BCUT2D eigenvalue weighted by atomic mass is 16.2. The number of carbonyl (C=O) groups is 5. The average molecular weight is 447 g/mol. The van der Waals surface area contributed by atoms with Crippen LogP contribution in [0.15, 0.2) is 36.4 Å². The van der Waals surface area contributed by atoms with Crippen molar-refractivity contribution < 1.29 is 24.0 Å². The number of fused-ring (bicyclic) bond motifs is 2. The second kappa shape index (κ2) is 8.97. The summed E-state index contributed by atoms with van der Waals surface area (Å²) in [6.07, 6.45) is 3.32. The van der Waals surface area contributed by atoms with Crippen LogP contribution in [0.3, 0.4) is 0 Å². The zero-order valence-corrected chi connectivity index (χ0v) is 18.6. The van der Waals surface area contributed by atoms with Crippen molar-refractivity contribution in [3.05, 3.63) is 58.7 Å². The van der Waals surface area contributed by atoms with Crippen molar-refractivity contribution in [1.82, 2.24) is 15.1 Å². The predicted octanol–water partition coefficient (Wildman–Crippen LogP) is 2.87. The molecular weight excluding hydrogens is 422 g/mol. The van der Waals surface area contributed by atoms with Gasteiger partial charge in [-0.05, 0) is 48.2 Å². The Hall–Kier alpha value is -3.81. The second-order valence-electron chi connectivity index (χ2n) is 8.35. The van der Waals surface area contributed by atoms with E-state index >= 15 is 0 Å². The van der Waals surface area contributed by atoms with Gasteiger partial charge in [0, 0.05) is 27.1 Å². The van der Waals surface area contributed by atoms with E-state index in [0.717, 1.165) is 24.2 Å². The smallest absolute Gasteiger partial charge is 0.261 e. The molecule has 0 saturated heterocycles. The van der Waals surface area contributed by atoms with Gasteiger partial charge in [-0.15, -0.1) is 0 Å². The zero-order chi connectivity index (χ0) is 23.7. The van der Waals surface area contributed by atoms with Gasteiger partial charge in [0.05, 0.1) is 22.3 Å². The molecule has 8 heteroatoms. The third kappa shape index (κ3) is 4.16. The van der Waals surface area contributed by atoms with E-state index < -0.39 is 0 Å².